The van der Waals surface area contributed by atoms with E-state index in [9.17, 15) is 0 Å². The molecule has 0 bridgehead atoms. The van der Waals surface area contributed by atoms with Crippen LogP contribution in [0.25, 0.3) is 11.4 Å². The summed E-state index contributed by atoms with van der Waals surface area (Å²) in [6.07, 6.45) is 4.58. The van der Waals surface area contributed by atoms with Crippen LogP contribution in [0.15, 0.2) is 42.0 Å². The molecular formula is C17H18N4OS. The molecule has 3 heterocycles. The number of anilines is 2. The van der Waals surface area contributed by atoms with Crippen LogP contribution in [0.2, 0.25) is 0 Å². The zero-order valence-corrected chi connectivity index (χ0v) is 13.9. The van der Waals surface area contributed by atoms with Crippen molar-refractivity contribution in [3.8, 4) is 17.1 Å². The Morgan fingerprint density at radius 2 is 1.96 bits per heavy atom. The number of ether oxygens (including phenoxy) is 1. The van der Waals surface area contributed by atoms with Crippen molar-refractivity contribution in [3.63, 3.8) is 0 Å². The van der Waals surface area contributed by atoms with Gasteiger partial charge in [0.05, 0.1) is 18.5 Å². The third kappa shape index (κ3) is 3.84. The molecule has 5 nitrogen and oxygen atoms in total. The van der Waals surface area contributed by atoms with Crippen molar-refractivity contribution < 1.29 is 4.74 Å². The summed E-state index contributed by atoms with van der Waals surface area (Å²) >= 11 is 1.53. The third-order valence-electron chi connectivity index (χ3n) is 3.28. The first kappa shape index (κ1) is 15.4. The van der Waals surface area contributed by atoms with Gasteiger partial charge in [0.15, 0.2) is 5.13 Å². The number of rotatable bonds is 6. The first-order valence-electron chi connectivity index (χ1n) is 7.55. The Morgan fingerprint density at radius 3 is 2.61 bits per heavy atom. The number of aryl methyl sites for hydroxylation is 1. The summed E-state index contributed by atoms with van der Waals surface area (Å²) in [5.41, 5.74) is 2.88. The standard InChI is InChI=1S/C17H18N4OS/c1-3-12-5-8-16(19-9-12)21-17-20-15(11-23-17)14-7-6-13(10-18-14)22-4-2/h5-11H,3-4H2,1-2H3,(H,19,20,21). The Balaban J connectivity index is 1.71. The van der Waals surface area contributed by atoms with Gasteiger partial charge in [-0.15, -0.1) is 11.3 Å². The van der Waals surface area contributed by atoms with Gasteiger partial charge in [0.25, 0.3) is 0 Å². The number of aromatic nitrogens is 3. The van der Waals surface area contributed by atoms with Crippen LogP contribution in [-0.4, -0.2) is 21.6 Å². The summed E-state index contributed by atoms with van der Waals surface area (Å²) in [7, 11) is 0. The molecule has 0 fully saturated rings. The van der Waals surface area contributed by atoms with Crippen molar-refractivity contribution in [2.75, 3.05) is 11.9 Å². The molecule has 0 amide bonds. The second-order valence-corrected chi connectivity index (χ2v) is 5.74. The van der Waals surface area contributed by atoms with E-state index in [0.29, 0.717) is 6.61 Å². The van der Waals surface area contributed by atoms with Crippen molar-refractivity contribution in [1.29, 1.82) is 0 Å². The van der Waals surface area contributed by atoms with E-state index >= 15 is 0 Å². The van der Waals surface area contributed by atoms with Crippen LogP contribution in [0.5, 0.6) is 5.75 Å². The minimum absolute atomic E-state index is 0.635. The molecule has 0 spiro atoms. The van der Waals surface area contributed by atoms with Gasteiger partial charge in [-0.3, -0.25) is 4.98 Å². The lowest BCUT2D eigenvalue weighted by Crippen LogP contribution is -1.94. The van der Waals surface area contributed by atoms with E-state index in [4.69, 9.17) is 4.74 Å². The number of thiazole rings is 1. The van der Waals surface area contributed by atoms with Crippen LogP contribution < -0.4 is 10.1 Å². The maximum Gasteiger partial charge on any atom is 0.188 e. The van der Waals surface area contributed by atoms with Crippen LogP contribution in [0.4, 0.5) is 10.9 Å². The lowest BCUT2D eigenvalue weighted by atomic mass is 10.2. The fraction of sp³-hybridized carbons (Fsp3) is 0.235. The molecule has 118 valence electrons. The van der Waals surface area contributed by atoms with E-state index in [0.717, 1.165) is 34.5 Å². The number of nitrogens with zero attached hydrogens (tertiary/aromatic N) is 3. The highest BCUT2D eigenvalue weighted by Gasteiger charge is 2.07. The Labute approximate surface area is 139 Å². The van der Waals surface area contributed by atoms with Gasteiger partial charge >= 0.3 is 0 Å². The van der Waals surface area contributed by atoms with Gasteiger partial charge in [-0.25, -0.2) is 9.97 Å². The predicted octanol–water partition coefficient (Wildman–Crippen LogP) is 4.30. The van der Waals surface area contributed by atoms with Gasteiger partial charge in [-0.1, -0.05) is 13.0 Å². The van der Waals surface area contributed by atoms with Crippen molar-refractivity contribution in [2.45, 2.75) is 20.3 Å². The quantitative estimate of drug-likeness (QED) is 0.731. The molecule has 0 saturated carbocycles. The molecular weight excluding hydrogens is 308 g/mol. The molecule has 3 aromatic rings. The molecule has 0 saturated heterocycles. The van der Waals surface area contributed by atoms with Crippen molar-refractivity contribution in [2.24, 2.45) is 0 Å². The Morgan fingerprint density at radius 1 is 1.04 bits per heavy atom. The summed E-state index contributed by atoms with van der Waals surface area (Å²) in [6.45, 7) is 4.70. The summed E-state index contributed by atoms with van der Waals surface area (Å²) in [5, 5.41) is 6.00. The number of pyridine rings is 2. The van der Waals surface area contributed by atoms with Crippen molar-refractivity contribution >= 4 is 22.3 Å². The summed E-state index contributed by atoms with van der Waals surface area (Å²) < 4.78 is 5.40. The molecule has 6 heteroatoms. The first-order valence-corrected chi connectivity index (χ1v) is 8.43. The van der Waals surface area contributed by atoms with Gasteiger partial charge in [0, 0.05) is 11.6 Å². The highest BCUT2D eigenvalue weighted by atomic mass is 32.1. The average molecular weight is 326 g/mol. The normalized spacial score (nSPS) is 10.5. The van der Waals surface area contributed by atoms with E-state index in [2.05, 4.69) is 33.3 Å². The summed E-state index contributed by atoms with van der Waals surface area (Å²) in [5.74, 6) is 1.56. The molecule has 0 aliphatic heterocycles. The van der Waals surface area contributed by atoms with E-state index in [-0.39, 0.29) is 0 Å². The second-order valence-electron chi connectivity index (χ2n) is 4.88. The summed E-state index contributed by atoms with van der Waals surface area (Å²) in [6, 6.07) is 7.86. The van der Waals surface area contributed by atoms with Gasteiger partial charge < -0.3 is 10.1 Å². The Hall–Kier alpha value is -2.47. The SMILES string of the molecule is CCOc1ccc(-c2csc(Nc3ccc(CC)cn3)n2)nc1. The number of hydrogen-bond donors (Lipinski definition) is 1. The molecule has 1 N–H and O–H groups in total. The molecule has 0 aliphatic carbocycles. The Kier molecular flexibility index (Phi) is 4.83. The van der Waals surface area contributed by atoms with Crippen LogP contribution in [0.3, 0.4) is 0 Å². The van der Waals surface area contributed by atoms with E-state index < -0.39 is 0 Å². The highest BCUT2D eigenvalue weighted by Crippen LogP contribution is 2.26. The van der Waals surface area contributed by atoms with Crippen LogP contribution >= 0.6 is 11.3 Å². The molecule has 0 aromatic carbocycles. The van der Waals surface area contributed by atoms with Gasteiger partial charge in [-0.05, 0) is 37.1 Å². The van der Waals surface area contributed by atoms with Crippen molar-refractivity contribution in [3.05, 3.63) is 47.6 Å². The van der Waals surface area contributed by atoms with Crippen LogP contribution in [0, 0.1) is 0 Å². The van der Waals surface area contributed by atoms with Crippen LogP contribution in [-0.2, 0) is 6.42 Å². The molecule has 23 heavy (non-hydrogen) atoms. The smallest absolute Gasteiger partial charge is 0.188 e. The molecule has 0 atom stereocenters. The minimum Gasteiger partial charge on any atom is -0.492 e. The van der Waals surface area contributed by atoms with E-state index in [1.54, 1.807) is 6.20 Å². The lowest BCUT2D eigenvalue weighted by molar-refractivity contribution is 0.339. The number of hydrogen-bond acceptors (Lipinski definition) is 6. The first-order chi connectivity index (χ1) is 11.3. The lowest BCUT2D eigenvalue weighted by Gasteiger charge is -2.03. The molecule has 0 unspecified atom stereocenters. The fourth-order valence-corrected chi connectivity index (χ4v) is 2.76. The number of nitrogens with one attached hydrogen (secondary N) is 1. The zero-order valence-electron chi connectivity index (χ0n) is 13.1. The third-order valence-corrected chi connectivity index (χ3v) is 4.04. The van der Waals surface area contributed by atoms with Gasteiger partial charge in [0.1, 0.15) is 17.3 Å². The highest BCUT2D eigenvalue weighted by molar-refractivity contribution is 7.14. The van der Waals surface area contributed by atoms with Gasteiger partial charge in [-0.2, -0.15) is 0 Å². The van der Waals surface area contributed by atoms with E-state index in [1.165, 1.54) is 16.9 Å². The molecule has 3 rings (SSSR count). The maximum absolute atomic E-state index is 5.40. The Bertz CT molecular complexity index is 753. The second kappa shape index (κ2) is 7.19. The van der Waals surface area contributed by atoms with Crippen molar-refractivity contribution in [1.82, 2.24) is 15.0 Å². The monoisotopic (exact) mass is 326 g/mol. The minimum atomic E-state index is 0.635. The fourth-order valence-electron chi connectivity index (χ4n) is 2.05. The maximum atomic E-state index is 5.40. The molecule has 0 aliphatic rings. The zero-order chi connectivity index (χ0) is 16.1. The van der Waals surface area contributed by atoms with E-state index in [1.807, 2.05) is 36.7 Å². The van der Waals surface area contributed by atoms with Crippen LogP contribution in [0.1, 0.15) is 19.4 Å². The average Bonchev–Trinajstić information content (AvgIpc) is 3.05. The predicted molar refractivity (Wildman–Crippen MR) is 93.4 cm³/mol. The largest absolute Gasteiger partial charge is 0.492 e. The molecule has 3 aromatic heterocycles. The van der Waals surface area contributed by atoms with Gasteiger partial charge in [0.2, 0.25) is 0 Å². The summed E-state index contributed by atoms with van der Waals surface area (Å²) in [4.78, 5) is 13.3. The molecule has 0 radical (unpaired) electrons. The topological polar surface area (TPSA) is 59.9 Å².